The monoisotopic (exact) mass is 1280 g/mol. The average Bonchev–Trinajstić information content (AvgIpc) is 1.41. The van der Waals surface area contributed by atoms with Crippen LogP contribution in [0.4, 0.5) is 0 Å². The van der Waals surface area contributed by atoms with Crippen molar-refractivity contribution in [2.45, 2.75) is 196 Å². The van der Waals surface area contributed by atoms with Gasteiger partial charge in [-0.3, -0.25) is 28.8 Å². The lowest BCUT2D eigenvalue weighted by Gasteiger charge is -2.67. The van der Waals surface area contributed by atoms with Crippen LogP contribution in [0.2, 0.25) is 0 Å². The Hall–Kier alpha value is -7.67. The number of hydrogen-bond donors (Lipinski definition) is 3. The number of amides is 1. The van der Waals surface area contributed by atoms with Gasteiger partial charge < -0.3 is 67.6 Å². The smallest absolute Gasteiger partial charge is 0.350 e. The third-order valence-corrected chi connectivity index (χ3v) is 23.3. The van der Waals surface area contributed by atoms with Gasteiger partial charge in [-0.05, 0) is 91.5 Å². The van der Waals surface area contributed by atoms with Crippen LogP contribution in [-0.2, 0) is 85.7 Å². The number of epoxide rings is 3. The molecule has 0 radical (unpaired) electrons. The maximum Gasteiger partial charge on any atom is 0.350 e. The standard InChI is InChI=1S/C70H75NO22/c1-33(2)68-56(92-68)57-70(93-57)64(8)26-25-40-41(31-83-60(40)80)42(64)27-46-69(70,91-46)62(68)88-48(76)29-47(75)87-52(50(37-19-13-10-14-20-37)71-58(78)38-21-15-11-16-22-38)61(81)86-43-30-67(82)55(89-59(79)39-23-17-12-18-24-39)53-65(9,44(74)28-45-66(53,32-84-45)90-36(5)73)54(77)51(85-35(4)72)49(34(43)3)63(67,6)7/h10-24,33,42-46,50-53,55-57,62,74,82H,25-32H2,1-9H3,(H,71,78). The summed E-state index contributed by atoms with van der Waals surface area (Å²) in [6.07, 6.45) is -13.6. The molecule has 2 spiro atoms. The molecule has 2 bridgehead atoms. The molecule has 5 aliphatic heterocycles. The predicted octanol–water partition coefficient (Wildman–Crippen LogP) is 5.34. The number of hydrogen-bond acceptors (Lipinski definition) is 22. The molecule has 23 nitrogen and oxygen atoms in total. The summed E-state index contributed by atoms with van der Waals surface area (Å²) in [5, 5.41) is 29.5. The largest absolute Gasteiger partial charge is 0.458 e. The zero-order chi connectivity index (χ0) is 66.1. The molecule has 8 fully saturated rings. The minimum atomic E-state index is -2.56. The number of carbonyl (C=O) groups excluding carboxylic acids is 9. The van der Waals surface area contributed by atoms with E-state index >= 15 is 9.59 Å². The van der Waals surface area contributed by atoms with Crippen LogP contribution in [0.15, 0.2) is 113 Å². The Bertz CT molecular complexity index is 3770. The van der Waals surface area contributed by atoms with E-state index in [4.69, 9.17) is 52.1 Å². The minimum absolute atomic E-state index is 0.00844. The molecule has 23 heteroatoms. The summed E-state index contributed by atoms with van der Waals surface area (Å²) < 4.78 is 69.8. The van der Waals surface area contributed by atoms with Gasteiger partial charge in [0, 0.05) is 48.7 Å². The van der Waals surface area contributed by atoms with Gasteiger partial charge >= 0.3 is 41.8 Å². The Kier molecular flexibility index (Phi) is 14.5. The van der Waals surface area contributed by atoms with E-state index in [9.17, 15) is 43.8 Å². The van der Waals surface area contributed by atoms with Crippen molar-refractivity contribution in [1.29, 1.82) is 0 Å². The highest BCUT2D eigenvalue weighted by atomic mass is 16.8. The number of aliphatic hydroxyl groups excluding tert-OH is 1. The third-order valence-electron chi connectivity index (χ3n) is 23.3. The van der Waals surface area contributed by atoms with Gasteiger partial charge in [0.1, 0.15) is 66.4 Å². The zero-order valence-electron chi connectivity index (χ0n) is 53.0. The summed E-state index contributed by atoms with van der Waals surface area (Å²) in [5.74, 6) is -10.5. The van der Waals surface area contributed by atoms with Gasteiger partial charge in [-0.2, -0.15) is 0 Å². The number of esters is 7. The van der Waals surface area contributed by atoms with Gasteiger partial charge in [-0.15, -0.1) is 0 Å². The molecule has 20 unspecified atom stereocenters. The summed E-state index contributed by atoms with van der Waals surface area (Å²) >= 11 is 0. The number of ether oxygens (including phenoxy) is 11. The Balaban J connectivity index is 0.836. The highest BCUT2D eigenvalue weighted by molar-refractivity contribution is 5.97. The molecule has 20 atom stereocenters. The van der Waals surface area contributed by atoms with Crippen molar-refractivity contribution in [2.75, 3.05) is 13.2 Å². The van der Waals surface area contributed by atoms with E-state index in [-0.39, 0.29) is 65.3 Å². The zero-order valence-corrected chi connectivity index (χ0v) is 53.0. The number of aliphatic hydroxyl groups is 2. The number of rotatable bonds is 15. The molecule has 4 saturated carbocycles. The van der Waals surface area contributed by atoms with Crippen molar-refractivity contribution < 1.29 is 105 Å². The molecular weight excluding hydrogens is 1210 g/mol. The van der Waals surface area contributed by atoms with E-state index in [0.717, 1.165) is 19.4 Å². The molecule has 492 valence electrons. The van der Waals surface area contributed by atoms with E-state index in [2.05, 4.69) is 12.2 Å². The lowest BCUT2D eigenvalue weighted by atomic mass is 9.44. The second kappa shape index (κ2) is 21.4. The van der Waals surface area contributed by atoms with Crippen molar-refractivity contribution in [3.05, 3.63) is 130 Å². The first-order valence-corrected chi connectivity index (χ1v) is 31.9. The molecule has 5 heterocycles. The normalized spacial score (nSPS) is 39.5. The molecule has 11 aliphatic rings. The lowest BCUT2D eigenvalue weighted by Crippen LogP contribution is -2.82. The van der Waals surface area contributed by atoms with Gasteiger partial charge in [0.15, 0.2) is 29.2 Å². The lowest BCUT2D eigenvalue weighted by molar-refractivity contribution is -0.346. The van der Waals surface area contributed by atoms with Crippen LogP contribution in [0.3, 0.4) is 0 Å². The second-order valence-corrected chi connectivity index (χ2v) is 28.4. The van der Waals surface area contributed by atoms with Gasteiger partial charge in [0.2, 0.25) is 6.10 Å². The van der Waals surface area contributed by atoms with Gasteiger partial charge in [-0.1, -0.05) is 101 Å². The average molecular weight is 1280 g/mol. The van der Waals surface area contributed by atoms with Crippen LogP contribution in [0, 0.1) is 34.0 Å². The fourth-order valence-electron chi connectivity index (χ4n) is 18.6. The number of benzene rings is 3. The topological polar surface area (TPSA) is 318 Å². The van der Waals surface area contributed by atoms with Gasteiger partial charge in [0.05, 0.1) is 35.7 Å². The number of cyclic esters (lactones) is 1. The second-order valence-electron chi connectivity index (χ2n) is 28.4. The summed E-state index contributed by atoms with van der Waals surface area (Å²) in [4.78, 5) is 131. The number of ketones is 1. The number of nitrogens with one attached hydrogen (secondary N) is 1. The van der Waals surface area contributed by atoms with Crippen LogP contribution in [0.1, 0.15) is 133 Å². The van der Waals surface area contributed by atoms with Crippen LogP contribution in [0.25, 0.3) is 0 Å². The predicted molar refractivity (Wildman–Crippen MR) is 317 cm³/mol. The van der Waals surface area contributed by atoms with Crippen molar-refractivity contribution in [1.82, 2.24) is 5.32 Å². The fraction of sp³-hybridized carbons (Fsp3) is 0.557. The fourth-order valence-corrected chi connectivity index (χ4v) is 18.6. The highest BCUT2D eigenvalue weighted by Crippen LogP contribution is 2.83. The van der Waals surface area contributed by atoms with Gasteiger partial charge in [0.25, 0.3) is 5.91 Å². The molecule has 0 aromatic heterocycles. The molecule has 4 saturated heterocycles. The molecular formula is C70H75NO22. The molecule has 93 heavy (non-hydrogen) atoms. The molecule has 1 amide bonds. The highest BCUT2D eigenvalue weighted by Gasteiger charge is 3.01. The molecule has 3 aromatic rings. The first-order valence-electron chi connectivity index (χ1n) is 31.9. The SMILES string of the molecule is CC(=O)OC1C(=O)C2(C)C(O)CC3OCC3(OC(C)=O)C2C(OC(=O)c2ccccc2)C2(O)CC(OC(=O)C(OC(=O)CC(=O)OC3C4(C(C)C)OC4C4OC45C4(C)CCC6=C(COC6=O)C4CC4OC435)C(NC(=O)c3ccccc3)c3ccccc3)C(C)=C1C2(C)C. The maximum atomic E-state index is 16.0. The van der Waals surface area contributed by atoms with Crippen molar-refractivity contribution >= 4 is 53.5 Å². The molecule has 6 aliphatic carbocycles. The summed E-state index contributed by atoms with van der Waals surface area (Å²) in [6.45, 7) is 13.9. The van der Waals surface area contributed by atoms with E-state index in [1.54, 1.807) is 66.7 Å². The van der Waals surface area contributed by atoms with E-state index in [1.807, 2.05) is 13.8 Å². The van der Waals surface area contributed by atoms with Crippen molar-refractivity contribution in [2.24, 2.45) is 34.0 Å². The summed E-state index contributed by atoms with van der Waals surface area (Å²) in [7, 11) is 0. The first-order chi connectivity index (χ1) is 44.1. The Labute approximate surface area is 535 Å². The molecule has 3 N–H and O–H groups in total. The van der Waals surface area contributed by atoms with E-state index in [0.29, 0.717) is 24.8 Å². The van der Waals surface area contributed by atoms with E-state index < -0.39 is 178 Å². The number of Topliss-reactive ketones (excluding diaryl/α,β-unsaturated/α-hetero) is 1. The number of fused-ring (bicyclic) bond motifs is 9. The number of carbonyl (C=O) groups is 9. The minimum Gasteiger partial charge on any atom is -0.458 e. The summed E-state index contributed by atoms with van der Waals surface area (Å²) in [6, 6.07) is 22.2. The van der Waals surface area contributed by atoms with Crippen molar-refractivity contribution in [3.8, 4) is 0 Å². The van der Waals surface area contributed by atoms with Crippen LogP contribution in [0.5, 0.6) is 0 Å². The first kappa shape index (κ1) is 62.8. The van der Waals surface area contributed by atoms with Crippen molar-refractivity contribution in [3.63, 3.8) is 0 Å². The third kappa shape index (κ3) is 8.77. The van der Waals surface area contributed by atoms with E-state index in [1.165, 1.54) is 52.0 Å². The Morgan fingerprint density at radius 3 is 2.06 bits per heavy atom. The maximum absolute atomic E-state index is 16.0. The molecule has 14 rings (SSSR count). The quantitative estimate of drug-likeness (QED) is 0.0568. The Morgan fingerprint density at radius 1 is 0.763 bits per heavy atom. The van der Waals surface area contributed by atoms with Crippen LogP contribution < -0.4 is 5.32 Å². The van der Waals surface area contributed by atoms with Crippen LogP contribution in [-0.4, -0.2) is 166 Å². The summed E-state index contributed by atoms with van der Waals surface area (Å²) in [5.41, 5.74) is -10.4. The molecule has 3 aromatic carbocycles. The Morgan fingerprint density at radius 2 is 1.43 bits per heavy atom. The van der Waals surface area contributed by atoms with Gasteiger partial charge in [-0.25, -0.2) is 14.4 Å². The van der Waals surface area contributed by atoms with Crippen LogP contribution >= 0.6 is 0 Å².